The normalized spacial score (nSPS) is 22.2. The molecule has 2 aromatic rings. The molecule has 0 saturated heterocycles. The summed E-state index contributed by atoms with van der Waals surface area (Å²) in [6, 6.07) is 14.8. The van der Waals surface area contributed by atoms with Crippen LogP contribution in [0.2, 0.25) is 0 Å². The van der Waals surface area contributed by atoms with E-state index in [0.29, 0.717) is 6.42 Å². The van der Waals surface area contributed by atoms with E-state index in [-0.39, 0.29) is 18.7 Å². The molecule has 1 aliphatic heterocycles. The molecular formula is C21H24N4O2. The van der Waals surface area contributed by atoms with E-state index in [1.807, 2.05) is 12.1 Å². The van der Waals surface area contributed by atoms with Crippen LogP contribution >= 0.6 is 0 Å². The number of benzene rings is 2. The van der Waals surface area contributed by atoms with Gasteiger partial charge in [-0.2, -0.15) is 5.11 Å². The Morgan fingerprint density at radius 3 is 2.70 bits per heavy atom. The topological polar surface area (TPSA) is 75.4 Å². The standard InChI is InChI=1S/C21H24N4O2/c26-20(23-19-8-2-1-3-9-19)27-15-21(14-22-25-24-21)13-16-10-11-17-6-4-5-7-18(17)12-16/h4-7,10-12,14,19H,1-3,8-9,13,15H2,(H,23,26). The van der Waals surface area contributed by atoms with Gasteiger partial charge in [-0.1, -0.05) is 61.7 Å². The Balaban J connectivity index is 1.40. The van der Waals surface area contributed by atoms with Crippen LogP contribution in [0.15, 0.2) is 57.9 Å². The van der Waals surface area contributed by atoms with E-state index in [2.05, 4.69) is 51.1 Å². The number of carbonyl (C=O) groups excluding carboxylic acids is 1. The third-order valence-electron chi connectivity index (χ3n) is 5.30. The van der Waals surface area contributed by atoms with E-state index < -0.39 is 5.54 Å². The van der Waals surface area contributed by atoms with Crippen LogP contribution in [0.1, 0.15) is 37.7 Å². The SMILES string of the molecule is O=C(NC1CCCCC1)OCC1(Cc2ccc3ccccc3c2)C=NN=N1. The van der Waals surface area contributed by atoms with E-state index in [1.54, 1.807) is 6.21 Å². The molecule has 0 bridgehead atoms. The molecule has 2 aliphatic rings. The van der Waals surface area contributed by atoms with Crippen molar-refractivity contribution in [3.8, 4) is 0 Å². The van der Waals surface area contributed by atoms with Crippen molar-refractivity contribution in [2.45, 2.75) is 50.1 Å². The quantitative estimate of drug-likeness (QED) is 0.840. The molecule has 4 rings (SSSR count). The second-order valence-electron chi connectivity index (χ2n) is 7.45. The van der Waals surface area contributed by atoms with Crippen LogP contribution in [0.4, 0.5) is 4.79 Å². The zero-order valence-corrected chi connectivity index (χ0v) is 15.3. The maximum atomic E-state index is 12.2. The zero-order valence-electron chi connectivity index (χ0n) is 15.3. The lowest BCUT2D eigenvalue weighted by atomic mass is 9.92. The maximum absolute atomic E-state index is 12.2. The fourth-order valence-corrected chi connectivity index (χ4v) is 3.82. The monoisotopic (exact) mass is 364 g/mol. The highest BCUT2D eigenvalue weighted by Gasteiger charge is 2.34. The van der Waals surface area contributed by atoms with Gasteiger partial charge in [0.15, 0.2) is 5.54 Å². The van der Waals surface area contributed by atoms with Crippen LogP contribution in [0.5, 0.6) is 0 Å². The molecule has 1 aliphatic carbocycles. The summed E-state index contributed by atoms with van der Waals surface area (Å²) in [6.07, 6.45) is 7.51. The highest BCUT2D eigenvalue weighted by atomic mass is 16.5. The molecule has 6 nitrogen and oxygen atoms in total. The van der Waals surface area contributed by atoms with Crippen LogP contribution in [0, 0.1) is 0 Å². The lowest BCUT2D eigenvalue weighted by Gasteiger charge is -2.24. The van der Waals surface area contributed by atoms with Gasteiger partial charge >= 0.3 is 6.09 Å². The number of nitrogens with one attached hydrogen (secondary N) is 1. The molecule has 0 spiro atoms. The number of amides is 1. The van der Waals surface area contributed by atoms with Crippen molar-refractivity contribution < 1.29 is 9.53 Å². The maximum Gasteiger partial charge on any atom is 0.407 e. The van der Waals surface area contributed by atoms with Gasteiger partial charge in [0.2, 0.25) is 0 Å². The van der Waals surface area contributed by atoms with Gasteiger partial charge in [0, 0.05) is 12.5 Å². The van der Waals surface area contributed by atoms with E-state index in [4.69, 9.17) is 4.74 Å². The molecule has 1 saturated carbocycles. The first-order valence-corrected chi connectivity index (χ1v) is 9.60. The van der Waals surface area contributed by atoms with Crippen molar-refractivity contribution in [1.82, 2.24) is 5.32 Å². The van der Waals surface area contributed by atoms with Crippen molar-refractivity contribution in [3.63, 3.8) is 0 Å². The predicted molar refractivity (Wildman–Crippen MR) is 105 cm³/mol. The van der Waals surface area contributed by atoms with Gasteiger partial charge in [-0.05, 0) is 34.4 Å². The Hall–Kier alpha value is -2.76. The van der Waals surface area contributed by atoms with Gasteiger partial charge in [0.25, 0.3) is 0 Å². The zero-order chi connectivity index (χ0) is 18.5. The summed E-state index contributed by atoms with van der Waals surface area (Å²) in [6.45, 7) is 0.130. The lowest BCUT2D eigenvalue weighted by Crippen LogP contribution is -2.41. The molecule has 1 atom stereocenters. The van der Waals surface area contributed by atoms with E-state index >= 15 is 0 Å². The van der Waals surface area contributed by atoms with Gasteiger partial charge in [-0.15, -0.1) is 5.10 Å². The van der Waals surface area contributed by atoms with Crippen molar-refractivity contribution in [2.75, 3.05) is 6.61 Å². The Labute approximate surface area is 158 Å². The Kier molecular flexibility index (Phi) is 5.14. The van der Waals surface area contributed by atoms with E-state index in [9.17, 15) is 4.79 Å². The van der Waals surface area contributed by atoms with Gasteiger partial charge in [0.05, 0.1) is 6.21 Å². The van der Waals surface area contributed by atoms with Crippen LogP contribution in [-0.4, -0.2) is 30.5 Å². The summed E-state index contributed by atoms with van der Waals surface area (Å²) in [4.78, 5) is 12.2. The molecule has 1 fully saturated rings. The molecule has 1 N–H and O–H groups in total. The summed E-state index contributed by atoms with van der Waals surface area (Å²) in [5.41, 5.74) is 0.379. The number of nitrogens with zero attached hydrogens (tertiary/aromatic N) is 3. The first-order valence-electron chi connectivity index (χ1n) is 9.60. The molecule has 0 aromatic heterocycles. The summed E-state index contributed by atoms with van der Waals surface area (Å²) >= 11 is 0. The van der Waals surface area contributed by atoms with Crippen molar-refractivity contribution in [1.29, 1.82) is 0 Å². The average molecular weight is 364 g/mol. The fraction of sp³-hybridized carbons (Fsp3) is 0.429. The molecule has 1 heterocycles. The summed E-state index contributed by atoms with van der Waals surface area (Å²) in [7, 11) is 0. The van der Waals surface area contributed by atoms with Crippen molar-refractivity contribution in [2.24, 2.45) is 15.4 Å². The highest BCUT2D eigenvalue weighted by molar-refractivity contribution is 5.83. The number of rotatable bonds is 5. The molecule has 6 heteroatoms. The Morgan fingerprint density at radius 1 is 1.11 bits per heavy atom. The van der Waals surface area contributed by atoms with Gasteiger partial charge < -0.3 is 10.1 Å². The first kappa shape index (κ1) is 17.6. The van der Waals surface area contributed by atoms with Crippen LogP contribution in [0.25, 0.3) is 10.8 Å². The number of fused-ring (bicyclic) bond motifs is 1. The number of ether oxygens (including phenoxy) is 1. The van der Waals surface area contributed by atoms with Crippen LogP contribution in [-0.2, 0) is 11.2 Å². The number of alkyl carbamates (subject to hydrolysis) is 1. The Morgan fingerprint density at radius 2 is 1.93 bits per heavy atom. The summed E-state index contributed by atoms with van der Waals surface area (Å²) < 4.78 is 5.50. The number of hydrogen-bond acceptors (Lipinski definition) is 5. The van der Waals surface area contributed by atoms with Gasteiger partial charge in [-0.25, -0.2) is 4.79 Å². The predicted octanol–water partition coefficient (Wildman–Crippen LogP) is 4.63. The molecule has 1 amide bonds. The summed E-state index contributed by atoms with van der Waals surface area (Å²) in [5, 5.41) is 17.3. The minimum absolute atomic E-state index is 0.130. The second kappa shape index (κ2) is 7.86. The molecular weight excluding hydrogens is 340 g/mol. The molecule has 27 heavy (non-hydrogen) atoms. The second-order valence-corrected chi connectivity index (χ2v) is 7.45. The lowest BCUT2D eigenvalue weighted by molar-refractivity contribution is 0.125. The first-order chi connectivity index (χ1) is 13.2. The van der Waals surface area contributed by atoms with E-state index in [1.165, 1.54) is 17.2 Å². The third-order valence-corrected chi connectivity index (χ3v) is 5.30. The molecule has 1 unspecified atom stereocenters. The smallest absolute Gasteiger partial charge is 0.407 e. The van der Waals surface area contributed by atoms with Crippen molar-refractivity contribution >= 4 is 23.1 Å². The number of carbonyl (C=O) groups is 1. The number of hydrogen-bond donors (Lipinski definition) is 1. The third kappa shape index (κ3) is 4.32. The summed E-state index contributed by atoms with van der Waals surface area (Å²) in [5.74, 6) is 0. The van der Waals surface area contributed by atoms with Crippen molar-refractivity contribution in [3.05, 3.63) is 48.0 Å². The minimum Gasteiger partial charge on any atom is -0.446 e. The van der Waals surface area contributed by atoms with E-state index in [0.717, 1.165) is 31.2 Å². The molecule has 2 aromatic carbocycles. The van der Waals surface area contributed by atoms with Gasteiger partial charge in [0.1, 0.15) is 6.61 Å². The van der Waals surface area contributed by atoms with Crippen LogP contribution < -0.4 is 5.32 Å². The Bertz CT molecular complexity index is 859. The highest BCUT2D eigenvalue weighted by Crippen LogP contribution is 2.24. The van der Waals surface area contributed by atoms with Gasteiger partial charge in [-0.3, -0.25) is 0 Å². The molecule has 140 valence electrons. The minimum atomic E-state index is -0.730. The van der Waals surface area contributed by atoms with Crippen LogP contribution in [0.3, 0.4) is 0 Å². The molecule has 0 radical (unpaired) electrons. The fourth-order valence-electron chi connectivity index (χ4n) is 3.82. The largest absolute Gasteiger partial charge is 0.446 e. The average Bonchev–Trinajstić information content (AvgIpc) is 3.16.